The summed E-state index contributed by atoms with van der Waals surface area (Å²) < 4.78 is 32.2. The molecule has 0 radical (unpaired) electrons. The van der Waals surface area contributed by atoms with Gasteiger partial charge in [0.25, 0.3) is 0 Å². The van der Waals surface area contributed by atoms with Gasteiger partial charge in [-0.05, 0) is 38.5 Å². The Hall–Kier alpha value is -2.21. The van der Waals surface area contributed by atoms with Crippen molar-refractivity contribution in [2.45, 2.75) is 26.4 Å². The van der Waals surface area contributed by atoms with Crippen LogP contribution in [0.2, 0.25) is 5.02 Å². The quantitative estimate of drug-likeness (QED) is 0.780. The molecule has 7 heteroatoms. The number of benzene rings is 1. The van der Waals surface area contributed by atoms with Crippen LogP contribution < -0.4 is 5.32 Å². The van der Waals surface area contributed by atoms with Crippen LogP contribution in [0.3, 0.4) is 0 Å². The lowest BCUT2D eigenvalue weighted by Gasteiger charge is -2.20. The summed E-state index contributed by atoms with van der Waals surface area (Å²) in [5.41, 5.74) is -0.0319. The highest BCUT2D eigenvalue weighted by atomic mass is 35.5. The maximum absolute atomic E-state index is 13.9. The SMILES string of the molecule is CC(C)(C)OC(=O)Nc1cc(-c2cc(F)ncc2Cl)ccc1F. The number of hydrogen-bond donors (Lipinski definition) is 1. The molecule has 4 nitrogen and oxygen atoms in total. The van der Waals surface area contributed by atoms with Gasteiger partial charge < -0.3 is 4.74 Å². The Labute approximate surface area is 137 Å². The van der Waals surface area contributed by atoms with Crippen LogP contribution in [0.25, 0.3) is 11.1 Å². The molecule has 1 aromatic carbocycles. The summed E-state index contributed by atoms with van der Waals surface area (Å²) in [5, 5.41) is 2.53. The van der Waals surface area contributed by atoms with Gasteiger partial charge in [-0.15, -0.1) is 0 Å². The van der Waals surface area contributed by atoms with E-state index in [4.69, 9.17) is 16.3 Å². The summed E-state index contributed by atoms with van der Waals surface area (Å²) in [6.45, 7) is 5.08. The molecule has 2 aromatic rings. The number of aromatic nitrogens is 1. The highest BCUT2D eigenvalue weighted by Gasteiger charge is 2.18. The second kappa shape index (κ2) is 6.50. The number of nitrogens with one attached hydrogen (secondary N) is 1. The summed E-state index contributed by atoms with van der Waals surface area (Å²) >= 11 is 5.98. The number of nitrogens with zero attached hydrogens (tertiary/aromatic N) is 1. The fourth-order valence-electron chi connectivity index (χ4n) is 1.84. The predicted octanol–water partition coefficient (Wildman–Crippen LogP) is 5.03. The lowest BCUT2D eigenvalue weighted by atomic mass is 10.1. The van der Waals surface area contributed by atoms with Gasteiger partial charge in [-0.3, -0.25) is 5.32 Å². The Morgan fingerprint density at radius 2 is 1.96 bits per heavy atom. The van der Waals surface area contributed by atoms with Crippen LogP contribution in [-0.2, 0) is 4.74 Å². The zero-order valence-corrected chi connectivity index (χ0v) is 13.5. The van der Waals surface area contributed by atoms with Crippen LogP contribution in [0.4, 0.5) is 19.3 Å². The number of hydrogen-bond acceptors (Lipinski definition) is 3. The molecule has 1 amide bonds. The topological polar surface area (TPSA) is 51.2 Å². The van der Waals surface area contributed by atoms with E-state index in [0.29, 0.717) is 11.1 Å². The van der Waals surface area contributed by atoms with Crippen LogP contribution in [0.15, 0.2) is 30.5 Å². The molecule has 1 heterocycles. The van der Waals surface area contributed by atoms with Crippen molar-refractivity contribution < 1.29 is 18.3 Å². The summed E-state index contributed by atoms with van der Waals surface area (Å²) in [4.78, 5) is 15.2. The number of ether oxygens (including phenoxy) is 1. The first-order chi connectivity index (χ1) is 10.7. The van der Waals surface area contributed by atoms with Crippen LogP contribution in [-0.4, -0.2) is 16.7 Å². The van der Waals surface area contributed by atoms with E-state index in [2.05, 4.69) is 10.3 Å². The van der Waals surface area contributed by atoms with Gasteiger partial charge in [0.1, 0.15) is 11.4 Å². The monoisotopic (exact) mass is 340 g/mol. The standard InChI is InChI=1S/C16H15ClF2N2O2/c1-16(2,3)23-15(22)21-13-6-9(4-5-12(13)18)10-7-14(19)20-8-11(10)17/h4-8H,1-3H3,(H,21,22). The third kappa shape index (κ3) is 4.63. The van der Waals surface area contributed by atoms with Crippen molar-refractivity contribution >= 4 is 23.4 Å². The van der Waals surface area contributed by atoms with Crippen molar-refractivity contribution in [1.82, 2.24) is 4.98 Å². The largest absolute Gasteiger partial charge is 0.444 e. The van der Waals surface area contributed by atoms with Crippen LogP contribution in [0, 0.1) is 11.8 Å². The lowest BCUT2D eigenvalue weighted by molar-refractivity contribution is 0.0635. The highest BCUT2D eigenvalue weighted by Crippen LogP contribution is 2.30. The summed E-state index contributed by atoms with van der Waals surface area (Å²) in [5.74, 6) is -1.36. The van der Waals surface area contributed by atoms with E-state index in [1.165, 1.54) is 12.1 Å². The van der Waals surface area contributed by atoms with Crippen molar-refractivity contribution in [1.29, 1.82) is 0 Å². The average molecular weight is 341 g/mol. The first-order valence-electron chi connectivity index (χ1n) is 6.77. The molecular formula is C16H15ClF2N2O2. The van der Waals surface area contributed by atoms with E-state index in [9.17, 15) is 13.6 Å². The number of carbonyl (C=O) groups excluding carboxylic acids is 1. The predicted molar refractivity (Wildman–Crippen MR) is 84.5 cm³/mol. The molecule has 1 aromatic heterocycles. The van der Waals surface area contributed by atoms with Gasteiger partial charge in [0, 0.05) is 17.8 Å². The first kappa shape index (κ1) is 17.1. The maximum atomic E-state index is 13.9. The third-order valence-electron chi connectivity index (χ3n) is 2.73. The number of pyridine rings is 1. The Morgan fingerprint density at radius 3 is 2.61 bits per heavy atom. The molecule has 2 rings (SSSR count). The fourth-order valence-corrected chi connectivity index (χ4v) is 2.05. The molecule has 0 aliphatic rings. The van der Waals surface area contributed by atoms with E-state index >= 15 is 0 Å². The molecule has 0 atom stereocenters. The van der Waals surface area contributed by atoms with Crippen molar-refractivity contribution in [3.63, 3.8) is 0 Å². The zero-order chi connectivity index (χ0) is 17.2. The molecule has 0 aliphatic heterocycles. The van der Waals surface area contributed by atoms with Gasteiger partial charge in [0.05, 0.1) is 10.7 Å². The third-order valence-corrected chi connectivity index (χ3v) is 3.04. The van der Waals surface area contributed by atoms with E-state index < -0.39 is 23.5 Å². The Bertz CT molecular complexity index is 745. The fraction of sp³-hybridized carbons (Fsp3) is 0.250. The van der Waals surface area contributed by atoms with Crippen LogP contribution in [0.5, 0.6) is 0 Å². The zero-order valence-electron chi connectivity index (χ0n) is 12.8. The van der Waals surface area contributed by atoms with Crippen molar-refractivity contribution in [2.24, 2.45) is 0 Å². The van der Waals surface area contributed by atoms with Crippen molar-refractivity contribution in [2.75, 3.05) is 5.32 Å². The highest BCUT2D eigenvalue weighted by molar-refractivity contribution is 6.33. The van der Waals surface area contributed by atoms with Gasteiger partial charge in [-0.25, -0.2) is 14.2 Å². The Morgan fingerprint density at radius 1 is 1.26 bits per heavy atom. The second-order valence-corrected chi connectivity index (χ2v) is 6.22. The Balaban J connectivity index is 2.32. The maximum Gasteiger partial charge on any atom is 0.412 e. The number of rotatable bonds is 2. The summed E-state index contributed by atoms with van der Waals surface area (Å²) in [6, 6.07) is 5.06. The van der Waals surface area contributed by atoms with E-state index in [-0.39, 0.29) is 10.7 Å². The van der Waals surface area contributed by atoms with E-state index in [1.807, 2.05) is 0 Å². The van der Waals surface area contributed by atoms with Gasteiger partial charge in [0.2, 0.25) is 5.95 Å². The first-order valence-corrected chi connectivity index (χ1v) is 7.14. The Kier molecular flexibility index (Phi) is 4.85. The lowest BCUT2D eigenvalue weighted by Crippen LogP contribution is -2.27. The summed E-state index contributed by atoms with van der Waals surface area (Å²) in [7, 11) is 0. The number of carbonyl (C=O) groups is 1. The molecule has 1 N–H and O–H groups in total. The molecule has 0 saturated heterocycles. The molecule has 23 heavy (non-hydrogen) atoms. The number of anilines is 1. The van der Waals surface area contributed by atoms with Crippen molar-refractivity contribution in [3.05, 3.63) is 47.2 Å². The van der Waals surface area contributed by atoms with Gasteiger partial charge in [-0.1, -0.05) is 17.7 Å². The molecule has 0 bridgehead atoms. The molecule has 0 aliphatic carbocycles. The smallest absolute Gasteiger partial charge is 0.412 e. The minimum absolute atomic E-state index is 0.0926. The van der Waals surface area contributed by atoms with Gasteiger partial charge in [0.15, 0.2) is 0 Å². The molecule has 122 valence electrons. The van der Waals surface area contributed by atoms with Gasteiger partial charge >= 0.3 is 6.09 Å². The summed E-state index contributed by atoms with van der Waals surface area (Å²) in [6.07, 6.45) is 0.372. The minimum atomic E-state index is -0.791. The molecule has 0 unspecified atom stereocenters. The number of amides is 1. The van der Waals surface area contributed by atoms with E-state index in [1.54, 1.807) is 20.8 Å². The minimum Gasteiger partial charge on any atom is -0.444 e. The number of halogens is 3. The molecule has 0 spiro atoms. The van der Waals surface area contributed by atoms with Crippen molar-refractivity contribution in [3.8, 4) is 11.1 Å². The van der Waals surface area contributed by atoms with Crippen LogP contribution in [0.1, 0.15) is 20.8 Å². The normalized spacial score (nSPS) is 11.2. The van der Waals surface area contributed by atoms with Gasteiger partial charge in [-0.2, -0.15) is 4.39 Å². The van der Waals surface area contributed by atoms with E-state index in [0.717, 1.165) is 18.3 Å². The van der Waals surface area contributed by atoms with Crippen LogP contribution >= 0.6 is 11.6 Å². The molecule has 0 saturated carbocycles. The average Bonchev–Trinajstić information content (AvgIpc) is 2.42. The molecule has 0 fully saturated rings. The molecular weight excluding hydrogens is 326 g/mol. The second-order valence-electron chi connectivity index (χ2n) is 5.81.